The van der Waals surface area contributed by atoms with Gasteiger partial charge < -0.3 is 10.4 Å². The summed E-state index contributed by atoms with van der Waals surface area (Å²) in [7, 11) is 1.84. The van der Waals surface area contributed by atoms with E-state index in [0.29, 0.717) is 5.02 Å². The first-order valence-corrected chi connectivity index (χ1v) is 6.30. The van der Waals surface area contributed by atoms with Gasteiger partial charge in [0.2, 0.25) is 0 Å². The number of aromatic nitrogens is 1. The number of halogens is 1. The van der Waals surface area contributed by atoms with E-state index in [1.54, 1.807) is 0 Å². The van der Waals surface area contributed by atoms with Crippen molar-refractivity contribution in [2.45, 2.75) is 25.5 Å². The highest BCUT2D eigenvalue weighted by Gasteiger charge is 2.18. The van der Waals surface area contributed by atoms with Crippen LogP contribution in [0.4, 0.5) is 5.82 Å². The number of pyridine rings is 1. The molecule has 4 nitrogen and oxygen atoms in total. The van der Waals surface area contributed by atoms with Crippen molar-refractivity contribution in [2.75, 3.05) is 25.5 Å². The van der Waals surface area contributed by atoms with E-state index < -0.39 is 0 Å². The summed E-state index contributed by atoms with van der Waals surface area (Å²) in [5.41, 5.74) is 0.898. The monoisotopic (exact) mass is 255 g/mol. The molecule has 17 heavy (non-hydrogen) atoms. The van der Waals surface area contributed by atoms with Crippen LogP contribution >= 0.6 is 11.6 Å². The van der Waals surface area contributed by atoms with Crippen LogP contribution in [0.1, 0.15) is 18.5 Å². The Kier molecular flexibility index (Phi) is 4.20. The number of likely N-dealkylation sites (tertiary alicyclic amines) is 1. The molecule has 0 bridgehead atoms. The lowest BCUT2D eigenvalue weighted by Gasteiger charge is -2.29. The molecule has 2 heterocycles. The maximum absolute atomic E-state index is 9.45. The normalized spacial score (nSPS) is 18.3. The van der Waals surface area contributed by atoms with Gasteiger partial charge in [-0.3, -0.25) is 4.90 Å². The van der Waals surface area contributed by atoms with Crippen molar-refractivity contribution in [1.82, 2.24) is 9.88 Å². The van der Waals surface area contributed by atoms with Crippen LogP contribution in [0.15, 0.2) is 12.1 Å². The summed E-state index contributed by atoms with van der Waals surface area (Å²) in [6.07, 6.45) is 1.53. The molecule has 1 fully saturated rings. The Balaban J connectivity index is 2.02. The number of piperidine rings is 1. The largest absolute Gasteiger partial charge is 0.393 e. The first kappa shape index (κ1) is 12.6. The third-order valence-corrected chi connectivity index (χ3v) is 3.45. The van der Waals surface area contributed by atoms with Crippen molar-refractivity contribution < 1.29 is 5.11 Å². The molecule has 0 unspecified atom stereocenters. The minimum Gasteiger partial charge on any atom is -0.393 e. The van der Waals surface area contributed by atoms with Crippen LogP contribution < -0.4 is 5.32 Å². The van der Waals surface area contributed by atoms with Gasteiger partial charge in [0.1, 0.15) is 5.82 Å². The first-order valence-electron chi connectivity index (χ1n) is 5.92. The van der Waals surface area contributed by atoms with E-state index >= 15 is 0 Å². The van der Waals surface area contributed by atoms with Crippen molar-refractivity contribution in [3.8, 4) is 0 Å². The van der Waals surface area contributed by atoms with E-state index in [1.807, 2.05) is 19.2 Å². The molecule has 1 aromatic rings. The third-order valence-electron chi connectivity index (χ3n) is 3.11. The molecule has 0 aliphatic carbocycles. The zero-order valence-electron chi connectivity index (χ0n) is 9.99. The lowest BCUT2D eigenvalue weighted by atomic mass is 10.1. The Morgan fingerprint density at radius 2 is 2.18 bits per heavy atom. The van der Waals surface area contributed by atoms with Gasteiger partial charge in [0.25, 0.3) is 0 Å². The fourth-order valence-electron chi connectivity index (χ4n) is 2.02. The number of anilines is 1. The minimum absolute atomic E-state index is 0.140. The number of aliphatic hydroxyl groups is 1. The van der Waals surface area contributed by atoms with Crippen LogP contribution in [0.5, 0.6) is 0 Å². The Hall–Kier alpha value is -0.840. The van der Waals surface area contributed by atoms with Crippen molar-refractivity contribution in [2.24, 2.45) is 0 Å². The van der Waals surface area contributed by atoms with Gasteiger partial charge in [-0.15, -0.1) is 0 Å². The standard InChI is InChI=1S/C12H18ClN3O/c1-14-12-3-2-10(13)11(15-12)8-16-6-4-9(17)5-7-16/h2-3,9,17H,4-8H2,1H3,(H,14,15). The molecule has 0 atom stereocenters. The molecule has 0 amide bonds. The van der Waals surface area contributed by atoms with Crippen LogP contribution in [0, 0.1) is 0 Å². The van der Waals surface area contributed by atoms with Crippen LogP contribution in [0.3, 0.4) is 0 Å². The van der Waals surface area contributed by atoms with E-state index in [-0.39, 0.29) is 6.10 Å². The summed E-state index contributed by atoms with van der Waals surface area (Å²) >= 11 is 6.13. The van der Waals surface area contributed by atoms with E-state index in [4.69, 9.17) is 11.6 Å². The van der Waals surface area contributed by atoms with Gasteiger partial charge in [0.05, 0.1) is 16.8 Å². The quantitative estimate of drug-likeness (QED) is 0.864. The van der Waals surface area contributed by atoms with Crippen molar-refractivity contribution in [3.05, 3.63) is 22.8 Å². The van der Waals surface area contributed by atoms with E-state index in [0.717, 1.165) is 44.0 Å². The molecule has 1 aliphatic heterocycles. The molecule has 1 saturated heterocycles. The van der Waals surface area contributed by atoms with Gasteiger partial charge in [-0.05, 0) is 25.0 Å². The second-order valence-corrected chi connectivity index (χ2v) is 4.79. The van der Waals surface area contributed by atoms with Gasteiger partial charge in [-0.1, -0.05) is 11.6 Å². The SMILES string of the molecule is CNc1ccc(Cl)c(CN2CCC(O)CC2)n1. The molecular weight excluding hydrogens is 238 g/mol. The number of rotatable bonds is 3. The second-order valence-electron chi connectivity index (χ2n) is 4.38. The summed E-state index contributed by atoms with van der Waals surface area (Å²) in [4.78, 5) is 6.73. The number of hydrogen-bond acceptors (Lipinski definition) is 4. The highest BCUT2D eigenvalue weighted by atomic mass is 35.5. The highest BCUT2D eigenvalue weighted by molar-refractivity contribution is 6.31. The number of nitrogens with one attached hydrogen (secondary N) is 1. The topological polar surface area (TPSA) is 48.4 Å². The fraction of sp³-hybridized carbons (Fsp3) is 0.583. The summed E-state index contributed by atoms with van der Waals surface area (Å²) in [5, 5.41) is 13.2. The van der Waals surface area contributed by atoms with Gasteiger partial charge in [0, 0.05) is 26.7 Å². The molecule has 94 valence electrons. The molecule has 2 N–H and O–H groups in total. The predicted octanol–water partition coefficient (Wildman–Crippen LogP) is 1.73. The van der Waals surface area contributed by atoms with E-state index in [9.17, 15) is 5.11 Å². The Morgan fingerprint density at radius 1 is 1.47 bits per heavy atom. The molecule has 1 aliphatic rings. The van der Waals surface area contributed by atoms with E-state index in [1.165, 1.54) is 0 Å². The summed E-state index contributed by atoms with van der Waals surface area (Å²) in [5.74, 6) is 0.835. The minimum atomic E-state index is -0.140. The molecule has 0 aromatic carbocycles. The maximum Gasteiger partial charge on any atom is 0.126 e. The van der Waals surface area contributed by atoms with Gasteiger partial charge in [0.15, 0.2) is 0 Å². The lowest BCUT2D eigenvalue weighted by molar-refractivity contribution is 0.0787. The smallest absolute Gasteiger partial charge is 0.126 e. The van der Waals surface area contributed by atoms with Gasteiger partial charge in [-0.2, -0.15) is 0 Å². The van der Waals surface area contributed by atoms with Crippen LogP contribution in [-0.2, 0) is 6.54 Å². The average molecular weight is 256 g/mol. The Morgan fingerprint density at radius 3 is 2.82 bits per heavy atom. The molecule has 0 spiro atoms. The van der Waals surface area contributed by atoms with Gasteiger partial charge in [-0.25, -0.2) is 4.98 Å². The molecular formula is C12H18ClN3O. The number of hydrogen-bond donors (Lipinski definition) is 2. The lowest BCUT2D eigenvalue weighted by Crippen LogP contribution is -2.35. The molecule has 0 saturated carbocycles. The zero-order chi connectivity index (χ0) is 12.3. The third kappa shape index (κ3) is 3.31. The van der Waals surface area contributed by atoms with Crippen molar-refractivity contribution >= 4 is 17.4 Å². The van der Waals surface area contributed by atoms with Crippen molar-refractivity contribution in [1.29, 1.82) is 0 Å². The molecule has 2 rings (SSSR count). The molecule has 0 radical (unpaired) electrons. The summed E-state index contributed by atoms with van der Waals surface area (Å²) < 4.78 is 0. The fourth-order valence-corrected chi connectivity index (χ4v) is 2.19. The first-order chi connectivity index (χ1) is 8.19. The Labute approximate surface area is 107 Å². The van der Waals surface area contributed by atoms with E-state index in [2.05, 4.69) is 15.2 Å². The molecule has 1 aromatic heterocycles. The van der Waals surface area contributed by atoms with Gasteiger partial charge >= 0.3 is 0 Å². The predicted molar refractivity (Wildman–Crippen MR) is 69.3 cm³/mol. The van der Waals surface area contributed by atoms with Crippen LogP contribution in [-0.4, -0.2) is 41.2 Å². The van der Waals surface area contributed by atoms with Crippen LogP contribution in [0.2, 0.25) is 5.02 Å². The maximum atomic E-state index is 9.45. The number of aliphatic hydroxyl groups excluding tert-OH is 1. The molecule has 5 heteroatoms. The summed E-state index contributed by atoms with van der Waals surface area (Å²) in [6.45, 7) is 2.56. The Bertz CT molecular complexity index is 378. The summed E-state index contributed by atoms with van der Waals surface area (Å²) in [6, 6.07) is 3.74. The second kappa shape index (κ2) is 5.67. The average Bonchev–Trinajstić information content (AvgIpc) is 2.35. The zero-order valence-corrected chi connectivity index (χ0v) is 10.7. The number of nitrogens with zero attached hydrogens (tertiary/aromatic N) is 2. The van der Waals surface area contributed by atoms with Crippen molar-refractivity contribution in [3.63, 3.8) is 0 Å². The van der Waals surface area contributed by atoms with Crippen LogP contribution in [0.25, 0.3) is 0 Å². The highest BCUT2D eigenvalue weighted by Crippen LogP contribution is 2.20.